The number of nitrogens with zero attached hydrogens (tertiary/aromatic N) is 1. The van der Waals surface area contributed by atoms with Crippen LogP contribution in [-0.4, -0.2) is 23.1 Å². The molecular weight excluding hydrogens is 559 g/mol. The fraction of sp³-hybridized carbons (Fsp3) is 0.182. The van der Waals surface area contributed by atoms with Gasteiger partial charge in [0.05, 0.1) is 0 Å². The quantitative estimate of drug-likeness (QED) is 0.140. The fourth-order valence-corrected chi connectivity index (χ4v) is 6.43. The molecule has 0 heterocycles. The number of halogens is 2. The van der Waals surface area contributed by atoms with Crippen molar-refractivity contribution in [2.45, 2.75) is 35.7 Å². The highest BCUT2D eigenvalue weighted by atomic mass is 35.5. The van der Waals surface area contributed by atoms with E-state index in [-0.39, 0.29) is 11.7 Å². The third-order valence-electron chi connectivity index (χ3n) is 6.76. The first-order chi connectivity index (χ1) is 19.6. The standard InChI is InChI=1S/C33H30ClFN2OS2/c34-31-14-7-15-32(35)30(31)23-37(20-21-39-26-10-2-1-3-11-26)22-24-16-18-27(19-17-24)40-36-33(38)29-13-6-9-25-8-4-5-12-28(25)29/h1-3,5-7,9-19H,4,8,20-23H2,(H,36,38). The van der Waals surface area contributed by atoms with Gasteiger partial charge in [-0.1, -0.05) is 72.3 Å². The molecule has 0 aromatic heterocycles. The van der Waals surface area contributed by atoms with Crippen LogP contribution in [0.1, 0.15) is 39.0 Å². The highest BCUT2D eigenvalue weighted by Gasteiger charge is 2.16. The van der Waals surface area contributed by atoms with E-state index in [4.69, 9.17) is 11.6 Å². The Labute approximate surface area is 249 Å². The molecule has 0 unspecified atom stereocenters. The molecule has 40 heavy (non-hydrogen) atoms. The molecule has 0 radical (unpaired) electrons. The zero-order valence-corrected chi connectivity index (χ0v) is 24.4. The Hall–Kier alpha value is -3.03. The lowest BCUT2D eigenvalue weighted by Gasteiger charge is -2.23. The summed E-state index contributed by atoms with van der Waals surface area (Å²) in [6.45, 7) is 1.84. The lowest BCUT2D eigenvalue weighted by molar-refractivity contribution is 0.0984. The van der Waals surface area contributed by atoms with Crippen molar-refractivity contribution in [1.82, 2.24) is 9.62 Å². The number of carbonyl (C=O) groups is 1. The van der Waals surface area contributed by atoms with E-state index in [9.17, 15) is 9.18 Å². The molecule has 0 atom stereocenters. The highest BCUT2D eigenvalue weighted by Crippen LogP contribution is 2.26. The van der Waals surface area contributed by atoms with E-state index in [1.165, 1.54) is 28.5 Å². The maximum Gasteiger partial charge on any atom is 0.261 e. The second-order valence-corrected chi connectivity index (χ2v) is 12.0. The molecule has 0 spiro atoms. The maximum atomic E-state index is 14.6. The van der Waals surface area contributed by atoms with Crippen LogP contribution in [0.3, 0.4) is 0 Å². The van der Waals surface area contributed by atoms with Gasteiger partial charge in [0.2, 0.25) is 0 Å². The van der Waals surface area contributed by atoms with Gasteiger partial charge in [0.1, 0.15) is 5.82 Å². The largest absolute Gasteiger partial charge is 0.294 e. The topological polar surface area (TPSA) is 32.3 Å². The Bertz CT molecular complexity index is 1460. The predicted molar refractivity (Wildman–Crippen MR) is 166 cm³/mol. The van der Waals surface area contributed by atoms with E-state index in [0.29, 0.717) is 29.2 Å². The predicted octanol–water partition coefficient (Wildman–Crippen LogP) is 8.67. The van der Waals surface area contributed by atoms with Gasteiger partial charge in [-0.25, -0.2) is 4.39 Å². The number of nitrogens with one attached hydrogen (secondary N) is 1. The molecule has 0 saturated heterocycles. The molecular formula is C33H30ClFN2OS2. The Morgan fingerprint density at radius 2 is 1.70 bits per heavy atom. The van der Waals surface area contributed by atoms with Crippen molar-refractivity contribution in [2.75, 3.05) is 12.3 Å². The first-order valence-electron chi connectivity index (χ1n) is 13.2. The molecule has 1 N–H and O–H groups in total. The molecule has 0 fully saturated rings. The molecule has 1 aliphatic carbocycles. The molecule has 0 aliphatic heterocycles. The van der Waals surface area contributed by atoms with Gasteiger partial charge >= 0.3 is 0 Å². The number of allylic oxidation sites excluding steroid dienone is 1. The van der Waals surface area contributed by atoms with Crippen LogP contribution in [0, 0.1) is 5.82 Å². The van der Waals surface area contributed by atoms with Crippen molar-refractivity contribution in [3.05, 3.63) is 136 Å². The molecule has 3 nitrogen and oxygen atoms in total. The van der Waals surface area contributed by atoms with E-state index in [2.05, 4.69) is 46.0 Å². The van der Waals surface area contributed by atoms with Crippen molar-refractivity contribution in [3.63, 3.8) is 0 Å². The lowest BCUT2D eigenvalue weighted by atomic mass is 9.93. The number of fused-ring (bicyclic) bond motifs is 1. The van der Waals surface area contributed by atoms with Gasteiger partial charge in [-0.05, 0) is 83.9 Å². The number of carbonyl (C=O) groups excluding carboxylic acids is 1. The minimum absolute atomic E-state index is 0.0960. The Morgan fingerprint density at radius 1 is 0.900 bits per heavy atom. The zero-order chi connectivity index (χ0) is 27.7. The zero-order valence-electron chi connectivity index (χ0n) is 22.0. The van der Waals surface area contributed by atoms with Crippen LogP contribution in [0.15, 0.2) is 107 Å². The average molecular weight is 589 g/mol. The number of hydrogen-bond acceptors (Lipinski definition) is 4. The number of thioether (sulfide) groups is 1. The molecule has 4 aromatic carbocycles. The monoisotopic (exact) mass is 588 g/mol. The summed E-state index contributed by atoms with van der Waals surface area (Å²) >= 11 is 9.45. The Balaban J connectivity index is 1.22. The molecule has 4 aromatic rings. The number of hydrogen-bond donors (Lipinski definition) is 1. The number of benzene rings is 4. The minimum Gasteiger partial charge on any atom is -0.294 e. The van der Waals surface area contributed by atoms with Gasteiger partial charge in [-0.2, -0.15) is 0 Å². The van der Waals surface area contributed by atoms with E-state index >= 15 is 0 Å². The van der Waals surface area contributed by atoms with Crippen LogP contribution in [0.2, 0.25) is 5.02 Å². The summed E-state index contributed by atoms with van der Waals surface area (Å²) < 4.78 is 17.6. The summed E-state index contributed by atoms with van der Waals surface area (Å²) in [6, 6.07) is 29.1. The molecule has 1 aliphatic rings. The normalized spacial score (nSPS) is 12.4. The van der Waals surface area contributed by atoms with Crippen molar-refractivity contribution < 1.29 is 9.18 Å². The molecule has 0 bridgehead atoms. The van der Waals surface area contributed by atoms with Crippen LogP contribution in [0.5, 0.6) is 0 Å². The minimum atomic E-state index is -0.286. The number of rotatable bonds is 11. The van der Waals surface area contributed by atoms with Crippen molar-refractivity contribution >= 4 is 47.3 Å². The van der Waals surface area contributed by atoms with Gasteiger partial charge in [0.15, 0.2) is 0 Å². The van der Waals surface area contributed by atoms with Crippen LogP contribution in [0.25, 0.3) is 6.08 Å². The van der Waals surface area contributed by atoms with Crippen molar-refractivity contribution in [3.8, 4) is 0 Å². The summed E-state index contributed by atoms with van der Waals surface area (Å²) in [5.74, 6) is 0.487. The fourth-order valence-electron chi connectivity index (χ4n) is 4.68. The molecule has 204 valence electrons. The van der Waals surface area contributed by atoms with Gasteiger partial charge in [-0.3, -0.25) is 14.4 Å². The molecule has 5 rings (SSSR count). The second-order valence-electron chi connectivity index (χ2n) is 9.57. The summed E-state index contributed by atoms with van der Waals surface area (Å²) in [7, 11) is 0. The lowest BCUT2D eigenvalue weighted by Crippen LogP contribution is -2.26. The van der Waals surface area contributed by atoms with Gasteiger partial charge < -0.3 is 0 Å². The summed E-state index contributed by atoms with van der Waals surface area (Å²) in [6.07, 6.45) is 6.14. The first kappa shape index (κ1) is 28.5. The number of aryl methyl sites for hydroxylation is 1. The average Bonchev–Trinajstić information content (AvgIpc) is 2.98. The van der Waals surface area contributed by atoms with Crippen molar-refractivity contribution in [1.29, 1.82) is 0 Å². The van der Waals surface area contributed by atoms with Crippen LogP contribution in [-0.2, 0) is 19.5 Å². The molecule has 0 saturated carbocycles. The molecule has 7 heteroatoms. The van der Waals surface area contributed by atoms with Crippen LogP contribution in [0.4, 0.5) is 4.39 Å². The first-order valence-corrected chi connectivity index (χ1v) is 15.4. The maximum absolute atomic E-state index is 14.6. The van der Waals surface area contributed by atoms with E-state index in [1.54, 1.807) is 23.9 Å². The van der Waals surface area contributed by atoms with E-state index in [0.717, 1.165) is 41.2 Å². The van der Waals surface area contributed by atoms with Crippen LogP contribution >= 0.6 is 35.3 Å². The summed E-state index contributed by atoms with van der Waals surface area (Å²) in [5, 5.41) is 0.443. The Morgan fingerprint density at radius 3 is 2.50 bits per heavy atom. The van der Waals surface area contributed by atoms with Gasteiger partial charge in [0.25, 0.3) is 5.91 Å². The highest BCUT2D eigenvalue weighted by molar-refractivity contribution is 7.99. The van der Waals surface area contributed by atoms with Crippen molar-refractivity contribution in [2.24, 2.45) is 0 Å². The summed E-state index contributed by atoms with van der Waals surface area (Å²) in [5.41, 5.74) is 4.56. The number of amides is 1. The smallest absolute Gasteiger partial charge is 0.261 e. The van der Waals surface area contributed by atoms with Crippen LogP contribution < -0.4 is 4.72 Å². The van der Waals surface area contributed by atoms with E-state index < -0.39 is 0 Å². The second kappa shape index (κ2) is 14.0. The van der Waals surface area contributed by atoms with Gasteiger partial charge in [-0.15, -0.1) is 11.8 Å². The molecule has 1 amide bonds. The van der Waals surface area contributed by atoms with Gasteiger partial charge in [0, 0.05) is 51.3 Å². The van der Waals surface area contributed by atoms with E-state index in [1.807, 2.05) is 48.5 Å². The summed E-state index contributed by atoms with van der Waals surface area (Å²) in [4.78, 5) is 17.3. The third kappa shape index (κ3) is 7.58. The Kier molecular flexibility index (Phi) is 10.0. The SMILES string of the molecule is O=C(NSc1ccc(CN(CCSc2ccccc2)Cc2c(F)cccc2Cl)cc1)c1cccc2c1C=CCC2. The third-order valence-corrected chi connectivity index (χ3v) is 8.90.